The topological polar surface area (TPSA) is 266 Å². The Kier molecular flexibility index (Phi) is 17.5. The van der Waals surface area contributed by atoms with Crippen LogP contribution in [0.5, 0.6) is 46.3 Å². The second-order valence-corrected chi connectivity index (χ2v) is 20.8. The van der Waals surface area contributed by atoms with E-state index in [0.717, 1.165) is 17.5 Å². The Morgan fingerprint density at radius 1 is 0.528 bits per heavy atom. The van der Waals surface area contributed by atoms with Gasteiger partial charge in [0.05, 0.1) is 37.2 Å². The summed E-state index contributed by atoms with van der Waals surface area (Å²) in [5.41, 5.74) is 1.72. The number of benzene rings is 4. The molecule has 0 aliphatic heterocycles. The molecule has 0 spiro atoms. The molecule has 7 rings (SSSR count). The van der Waals surface area contributed by atoms with Gasteiger partial charge in [0, 0.05) is 18.5 Å². The molecule has 0 unspecified atom stereocenters. The fourth-order valence-corrected chi connectivity index (χ4v) is 8.37. The summed E-state index contributed by atoms with van der Waals surface area (Å²) in [6.07, 6.45) is 4.14. The van der Waals surface area contributed by atoms with Crippen molar-refractivity contribution in [2.24, 2.45) is 0 Å². The molecule has 0 saturated carbocycles. The fraction of sp³-hybridized carbons (Fsp3) is 0.280. The van der Waals surface area contributed by atoms with Crippen molar-refractivity contribution < 1.29 is 55.5 Å². The first-order valence-corrected chi connectivity index (χ1v) is 25.1. The standard InChI is InChI=1S/C27H29N5O6S.C23H27N3O6S/c1-27(2,3)18-10-12-19(13-11-18)39(34,35)32-23-22(38-21-9-6-5-8-20(21)36-4)26(37-17-16-33)31-25(30-23)24-28-14-7-15-29-24;1-23(2,3)16-8-10-19(11-9-16)33(28,29)26-21-20(22(25-15-24-21)31-13-12-27)32-18-7-5-6-17(14-18)30-4/h5-15,33H,16-17H2,1-4H3,(H,30,31,32);5-11,14-15,27H,12-13H2,1-4H3,(H,24,25,26). The lowest BCUT2D eigenvalue weighted by molar-refractivity contribution is 0.192. The van der Waals surface area contributed by atoms with E-state index in [0.29, 0.717) is 17.2 Å². The van der Waals surface area contributed by atoms with Gasteiger partial charge in [-0.05, 0) is 76.6 Å². The van der Waals surface area contributed by atoms with Gasteiger partial charge >= 0.3 is 0 Å². The average Bonchev–Trinajstić information content (AvgIpc) is 3.36. The third-order valence-electron chi connectivity index (χ3n) is 10.1. The van der Waals surface area contributed by atoms with Crippen LogP contribution in [0.3, 0.4) is 0 Å². The molecule has 0 atom stereocenters. The molecule has 22 heteroatoms. The first kappa shape index (κ1) is 53.7. The van der Waals surface area contributed by atoms with Gasteiger partial charge in [0.2, 0.25) is 17.3 Å². The molecule has 3 heterocycles. The summed E-state index contributed by atoms with van der Waals surface area (Å²) in [5.74, 6) is 0.987. The van der Waals surface area contributed by atoms with Gasteiger partial charge in [-0.3, -0.25) is 9.44 Å². The Morgan fingerprint density at radius 2 is 1.06 bits per heavy atom. The van der Waals surface area contributed by atoms with Crippen LogP contribution in [-0.4, -0.2) is 97.6 Å². The summed E-state index contributed by atoms with van der Waals surface area (Å²) < 4.78 is 91.7. The molecule has 0 aliphatic rings. The minimum atomic E-state index is -4.14. The van der Waals surface area contributed by atoms with Crippen molar-refractivity contribution in [1.29, 1.82) is 0 Å². The van der Waals surface area contributed by atoms with E-state index in [1.165, 1.54) is 50.9 Å². The largest absolute Gasteiger partial charge is 0.497 e. The Hall–Kier alpha value is -7.66. The summed E-state index contributed by atoms with van der Waals surface area (Å²) in [5, 5.41) is 18.5. The zero-order valence-corrected chi connectivity index (χ0v) is 42.5. The molecule has 72 heavy (non-hydrogen) atoms. The molecular formula is C50H56N8O12S2. The number of nitrogens with zero attached hydrogens (tertiary/aromatic N) is 6. The smallest absolute Gasteiger partial charge is 0.263 e. The van der Waals surface area contributed by atoms with Gasteiger partial charge in [-0.25, -0.2) is 36.8 Å². The van der Waals surface area contributed by atoms with Crippen molar-refractivity contribution in [3.8, 4) is 57.9 Å². The summed E-state index contributed by atoms with van der Waals surface area (Å²) >= 11 is 0. The number of methoxy groups -OCH3 is 2. The second kappa shape index (κ2) is 23.5. The quantitative estimate of drug-likeness (QED) is 0.0598. The van der Waals surface area contributed by atoms with E-state index in [2.05, 4.69) is 39.3 Å². The van der Waals surface area contributed by atoms with E-state index >= 15 is 0 Å². The second-order valence-electron chi connectivity index (χ2n) is 17.4. The summed E-state index contributed by atoms with van der Waals surface area (Å²) in [7, 11) is -5.14. The highest BCUT2D eigenvalue weighted by Gasteiger charge is 2.27. The fourth-order valence-electron chi connectivity index (χ4n) is 6.35. The van der Waals surface area contributed by atoms with Gasteiger partial charge < -0.3 is 38.6 Å². The number of para-hydroxylation sites is 2. The minimum absolute atomic E-state index is 0.0169. The van der Waals surface area contributed by atoms with Crippen molar-refractivity contribution in [3.05, 3.63) is 133 Å². The van der Waals surface area contributed by atoms with Crippen LogP contribution < -0.4 is 37.9 Å². The maximum absolute atomic E-state index is 13.5. The lowest BCUT2D eigenvalue weighted by Gasteiger charge is -2.20. The van der Waals surface area contributed by atoms with Crippen LogP contribution in [0.4, 0.5) is 11.6 Å². The molecule has 380 valence electrons. The van der Waals surface area contributed by atoms with E-state index in [1.807, 2.05) is 41.5 Å². The van der Waals surface area contributed by atoms with Crippen molar-refractivity contribution in [2.45, 2.75) is 62.2 Å². The first-order valence-electron chi connectivity index (χ1n) is 22.2. The van der Waals surface area contributed by atoms with Crippen LogP contribution in [0, 0.1) is 0 Å². The number of ether oxygens (including phenoxy) is 6. The van der Waals surface area contributed by atoms with Crippen LogP contribution in [-0.2, 0) is 30.9 Å². The lowest BCUT2D eigenvalue weighted by atomic mass is 9.87. The third kappa shape index (κ3) is 14.0. The van der Waals surface area contributed by atoms with Gasteiger partial charge in [-0.15, -0.1) is 0 Å². The Balaban J connectivity index is 0.000000239. The number of sulfonamides is 2. The van der Waals surface area contributed by atoms with Gasteiger partial charge in [0.1, 0.15) is 31.0 Å². The van der Waals surface area contributed by atoms with Crippen LogP contribution >= 0.6 is 0 Å². The summed E-state index contributed by atoms with van der Waals surface area (Å²) in [6.45, 7) is 11.5. The highest BCUT2D eigenvalue weighted by atomic mass is 32.2. The number of aliphatic hydroxyl groups is 2. The number of hydrogen-bond acceptors (Lipinski definition) is 18. The van der Waals surface area contributed by atoms with Crippen molar-refractivity contribution in [1.82, 2.24) is 29.9 Å². The normalized spacial score (nSPS) is 11.6. The molecule has 0 amide bonds. The number of aliphatic hydroxyl groups excluding tert-OH is 2. The molecule has 3 aromatic heterocycles. The molecule has 4 aromatic carbocycles. The van der Waals surface area contributed by atoms with Crippen LogP contribution in [0.2, 0.25) is 0 Å². The van der Waals surface area contributed by atoms with Crippen molar-refractivity contribution >= 4 is 31.7 Å². The highest BCUT2D eigenvalue weighted by Crippen LogP contribution is 2.42. The Morgan fingerprint density at radius 3 is 1.60 bits per heavy atom. The number of rotatable bonds is 19. The third-order valence-corrected chi connectivity index (χ3v) is 12.8. The van der Waals surface area contributed by atoms with E-state index in [1.54, 1.807) is 78.9 Å². The predicted octanol–water partition coefficient (Wildman–Crippen LogP) is 7.95. The molecule has 4 N–H and O–H groups in total. The van der Waals surface area contributed by atoms with Gasteiger partial charge in [-0.2, -0.15) is 9.97 Å². The van der Waals surface area contributed by atoms with E-state index in [-0.39, 0.29) is 99.3 Å². The molecule has 20 nitrogen and oxygen atoms in total. The maximum Gasteiger partial charge on any atom is 0.263 e. The zero-order valence-electron chi connectivity index (χ0n) is 40.9. The molecule has 7 aromatic rings. The van der Waals surface area contributed by atoms with Crippen LogP contribution in [0.1, 0.15) is 52.7 Å². The monoisotopic (exact) mass is 1020 g/mol. The first-order chi connectivity index (χ1) is 34.3. The Labute approximate surface area is 418 Å². The average molecular weight is 1030 g/mol. The van der Waals surface area contributed by atoms with E-state index in [9.17, 15) is 21.9 Å². The summed E-state index contributed by atoms with van der Waals surface area (Å²) in [4.78, 5) is 25.2. The van der Waals surface area contributed by atoms with E-state index < -0.39 is 20.0 Å². The lowest BCUT2D eigenvalue weighted by Crippen LogP contribution is -2.17. The minimum Gasteiger partial charge on any atom is -0.497 e. The molecule has 0 aliphatic carbocycles. The van der Waals surface area contributed by atoms with E-state index in [4.69, 9.17) is 33.5 Å². The zero-order chi connectivity index (χ0) is 52.1. The number of nitrogens with one attached hydrogen (secondary N) is 2. The van der Waals surface area contributed by atoms with Crippen LogP contribution in [0.15, 0.2) is 132 Å². The highest BCUT2D eigenvalue weighted by molar-refractivity contribution is 7.93. The van der Waals surface area contributed by atoms with Gasteiger partial charge in [0.15, 0.2) is 29.0 Å². The molecular weight excluding hydrogens is 969 g/mol. The SMILES string of the molecule is COc1cccc(Oc2c(NS(=O)(=O)c3ccc(C(C)(C)C)cc3)ncnc2OCCO)c1.COc1ccccc1Oc1c(NS(=O)(=O)c2ccc(C(C)(C)C)cc2)nc(-c2ncccn2)nc1OCCO. The van der Waals surface area contributed by atoms with Crippen LogP contribution in [0.25, 0.3) is 11.6 Å². The van der Waals surface area contributed by atoms with Gasteiger partial charge in [0.25, 0.3) is 31.8 Å². The van der Waals surface area contributed by atoms with Crippen molar-refractivity contribution in [2.75, 3.05) is 50.1 Å². The molecule has 0 bridgehead atoms. The molecule has 0 radical (unpaired) electrons. The predicted molar refractivity (Wildman–Crippen MR) is 268 cm³/mol. The summed E-state index contributed by atoms with van der Waals surface area (Å²) in [6, 6.07) is 28.3. The number of anilines is 2. The maximum atomic E-state index is 13.5. The van der Waals surface area contributed by atoms with Crippen molar-refractivity contribution in [3.63, 3.8) is 0 Å². The molecule has 0 fully saturated rings. The molecule has 0 saturated heterocycles. The number of hydrogen-bond donors (Lipinski definition) is 4. The van der Waals surface area contributed by atoms with Gasteiger partial charge in [-0.1, -0.05) is 84.0 Å². The number of aromatic nitrogens is 6. The Bertz CT molecular complexity index is 3140.